The van der Waals surface area contributed by atoms with Crippen molar-refractivity contribution in [3.05, 3.63) is 66.2 Å². The lowest BCUT2D eigenvalue weighted by Gasteiger charge is -2.46. The third-order valence-corrected chi connectivity index (χ3v) is 13.0. The van der Waals surface area contributed by atoms with Crippen molar-refractivity contribution in [2.45, 2.75) is 80.6 Å². The van der Waals surface area contributed by atoms with E-state index in [9.17, 15) is 13.5 Å². The van der Waals surface area contributed by atoms with Crippen molar-refractivity contribution in [2.24, 2.45) is 0 Å². The van der Waals surface area contributed by atoms with Gasteiger partial charge in [-0.1, -0.05) is 69.3 Å². The SMILES string of the molecule is CC(C)(C)[Si](C)(C)O[C@@H]1CC(S(=O)(=O)c2ccccc2)O[C@H](CO)[C@H]1OCc1ccccc1. The summed E-state index contributed by atoms with van der Waals surface area (Å²) in [6.07, 6.45) is -1.80. The molecule has 8 heteroatoms. The molecule has 33 heavy (non-hydrogen) atoms. The number of hydrogen-bond acceptors (Lipinski definition) is 6. The van der Waals surface area contributed by atoms with E-state index in [1.165, 1.54) is 0 Å². The summed E-state index contributed by atoms with van der Waals surface area (Å²) < 4.78 is 45.6. The standard InChI is InChI=1S/C25H36O6SSi/c1-25(2,3)33(4,5)31-21-16-23(32(27,28)20-14-10-7-11-15-20)30-22(17-26)24(21)29-18-19-12-8-6-9-13-19/h6-15,21-24,26H,16-18H2,1-5H3/t21-,22-,23?,24+/m1/s1. The number of aliphatic hydroxyl groups is 1. The topological polar surface area (TPSA) is 82.1 Å². The Morgan fingerprint density at radius 1 is 1.03 bits per heavy atom. The Hall–Kier alpha value is -1.55. The Morgan fingerprint density at radius 3 is 2.15 bits per heavy atom. The first-order chi connectivity index (χ1) is 15.5. The Kier molecular flexibility index (Phi) is 8.19. The molecule has 1 unspecified atom stereocenters. The number of hydrogen-bond donors (Lipinski definition) is 1. The molecule has 1 heterocycles. The Morgan fingerprint density at radius 2 is 1.61 bits per heavy atom. The van der Waals surface area contributed by atoms with Gasteiger partial charge in [0, 0.05) is 6.42 Å². The summed E-state index contributed by atoms with van der Waals surface area (Å²) >= 11 is 0. The van der Waals surface area contributed by atoms with E-state index in [1.807, 2.05) is 30.3 Å². The van der Waals surface area contributed by atoms with Gasteiger partial charge in [0.15, 0.2) is 13.8 Å². The van der Waals surface area contributed by atoms with Crippen molar-refractivity contribution in [2.75, 3.05) is 6.61 Å². The zero-order valence-electron chi connectivity index (χ0n) is 20.1. The van der Waals surface area contributed by atoms with Gasteiger partial charge in [0.25, 0.3) is 0 Å². The highest BCUT2D eigenvalue weighted by Crippen LogP contribution is 2.40. The Balaban J connectivity index is 1.91. The molecule has 0 saturated carbocycles. The van der Waals surface area contributed by atoms with Gasteiger partial charge in [-0.15, -0.1) is 0 Å². The summed E-state index contributed by atoms with van der Waals surface area (Å²) in [5, 5.41) is 10.1. The molecule has 0 amide bonds. The molecule has 1 N–H and O–H groups in total. The van der Waals surface area contributed by atoms with Gasteiger partial charge in [0.2, 0.25) is 9.84 Å². The molecule has 1 aliphatic rings. The maximum Gasteiger partial charge on any atom is 0.205 e. The zero-order valence-corrected chi connectivity index (χ0v) is 21.9. The van der Waals surface area contributed by atoms with Crippen molar-refractivity contribution in [3.63, 3.8) is 0 Å². The summed E-state index contributed by atoms with van der Waals surface area (Å²) in [4.78, 5) is 0.196. The molecule has 0 spiro atoms. The lowest BCUT2D eigenvalue weighted by Crippen LogP contribution is -2.57. The molecular formula is C25H36O6SSi. The molecule has 182 valence electrons. The van der Waals surface area contributed by atoms with E-state index in [4.69, 9.17) is 13.9 Å². The summed E-state index contributed by atoms with van der Waals surface area (Å²) in [7, 11) is -6.04. The predicted octanol–water partition coefficient (Wildman–Crippen LogP) is 4.54. The van der Waals surface area contributed by atoms with Crippen molar-refractivity contribution in [3.8, 4) is 0 Å². The molecule has 0 bridgehead atoms. The van der Waals surface area contributed by atoms with Gasteiger partial charge in [0.05, 0.1) is 24.2 Å². The zero-order chi connectivity index (χ0) is 24.3. The highest BCUT2D eigenvalue weighted by atomic mass is 32.2. The summed E-state index contributed by atoms with van der Waals surface area (Å²) in [6.45, 7) is 10.6. The summed E-state index contributed by atoms with van der Waals surface area (Å²) in [6, 6.07) is 18.0. The molecule has 6 nitrogen and oxygen atoms in total. The van der Waals surface area contributed by atoms with Crippen molar-refractivity contribution in [1.29, 1.82) is 0 Å². The summed E-state index contributed by atoms with van der Waals surface area (Å²) in [5.41, 5.74) is -0.136. The predicted molar refractivity (Wildman–Crippen MR) is 131 cm³/mol. The second-order valence-corrected chi connectivity index (χ2v) is 16.9. The van der Waals surface area contributed by atoms with Crippen LogP contribution in [0.4, 0.5) is 0 Å². The number of aliphatic hydroxyl groups excluding tert-OH is 1. The highest BCUT2D eigenvalue weighted by molar-refractivity contribution is 7.92. The van der Waals surface area contributed by atoms with Crippen LogP contribution in [0, 0.1) is 0 Å². The second-order valence-electron chi connectivity index (χ2n) is 10.1. The van der Waals surface area contributed by atoms with Crippen LogP contribution in [-0.4, -0.2) is 52.2 Å². The van der Waals surface area contributed by atoms with Gasteiger partial charge in [-0.05, 0) is 35.8 Å². The molecule has 4 atom stereocenters. The third-order valence-electron chi connectivity index (χ3n) is 6.62. The minimum atomic E-state index is -3.77. The maximum absolute atomic E-state index is 13.4. The maximum atomic E-state index is 13.4. The van der Waals surface area contributed by atoms with Crippen LogP contribution in [0.1, 0.15) is 32.8 Å². The van der Waals surface area contributed by atoms with Gasteiger partial charge in [0.1, 0.15) is 12.2 Å². The van der Waals surface area contributed by atoms with Gasteiger partial charge in [-0.2, -0.15) is 0 Å². The van der Waals surface area contributed by atoms with E-state index in [0.717, 1.165) is 5.56 Å². The fourth-order valence-electron chi connectivity index (χ4n) is 3.65. The van der Waals surface area contributed by atoms with Gasteiger partial charge < -0.3 is 19.0 Å². The molecule has 1 saturated heterocycles. The molecule has 2 aromatic carbocycles. The van der Waals surface area contributed by atoms with Crippen LogP contribution in [0.2, 0.25) is 18.1 Å². The van der Waals surface area contributed by atoms with E-state index >= 15 is 0 Å². The van der Waals surface area contributed by atoms with E-state index < -0.39 is 41.9 Å². The normalized spacial score (nSPS) is 24.5. The van der Waals surface area contributed by atoms with Crippen LogP contribution in [0.5, 0.6) is 0 Å². The molecule has 0 aromatic heterocycles. The minimum absolute atomic E-state index is 0.0716. The first kappa shape index (κ1) is 26.1. The molecule has 3 rings (SSSR count). The van der Waals surface area contributed by atoms with Crippen molar-refractivity contribution in [1.82, 2.24) is 0 Å². The van der Waals surface area contributed by atoms with E-state index in [-0.39, 0.29) is 23.0 Å². The van der Waals surface area contributed by atoms with E-state index in [2.05, 4.69) is 33.9 Å². The smallest absolute Gasteiger partial charge is 0.205 e. The number of ether oxygens (including phenoxy) is 2. The van der Waals surface area contributed by atoms with E-state index in [0.29, 0.717) is 6.61 Å². The molecule has 1 fully saturated rings. The average molecular weight is 493 g/mol. The summed E-state index contributed by atoms with van der Waals surface area (Å²) in [5.74, 6) is 0. The van der Waals surface area contributed by atoms with E-state index in [1.54, 1.807) is 30.3 Å². The Bertz CT molecular complexity index is 989. The average Bonchev–Trinajstić information content (AvgIpc) is 2.78. The quantitative estimate of drug-likeness (QED) is 0.545. The number of sulfone groups is 1. The monoisotopic (exact) mass is 492 g/mol. The second kappa shape index (κ2) is 10.4. The molecular weight excluding hydrogens is 456 g/mol. The van der Waals surface area contributed by atoms with Crippen LogP contribution in [0.15, 0.2) is 65.6 Å². The molecule has 2 aromatic rings. The fraction of sp³-hybridized carbons (Fsp3) is 0.520. The van der Waals surface area contributed by atoms with Crippen LogP contribution in [-0.2, 0) is 30.3 Å². The minimum Gasteiger partial charge on any atom is -0.411 e. The van der Waals surface area contributed by atoms with Crippen molar-refractivity contribution >= 4 is 18.2 Å². The van der Waals surface area contributed by atoms with Crippen LogP contribution in [0.3, 0.4) is 0 Å². The van der Waals surface area contributed by atoms with Gasteiger partial charge in [-0.3, -0.25) is 0 Å². The van der Waals surface area contributed by atoms with Crippen molar-refractivity contribution < 1.29 is 27.4 Å². The van der Waals surface area contributed by atoms with Crippen LogP contribution < -0.4 is 0 Å². The van der Waals surface area contributed by atoms with Gasteiger partial charge >= 0.3 is 0 Å². The van der Waals surface area contributed by atoms with Crippen LogP contribution in [0.25, 0.3) is 0 Å². The molecule has 0 radical (unpaired) electrons. The Labute approximate surface area is 198 Å². The lowest BCUT2D eigenvalue weighted by molar-refractivity contribution is -0.180. The first-order valence-electron chi connectivity index (χ1n) is 11.3. The highest BCUT2D eigenvalue weighted by Gasteiger charge is 2.49. The largest absolute Gasteiger partial charge is 0.411 e. The first-order valence-corrected chi connectivity index (χ1v) is 15.8. The van der Waals surface area contributed by atoms with Crippen LogP contribution >= 0.6 is 0 Å². The molecule has 0 aliphatic carbocycles. The number of benzene rings is 2. The lowest BCUT2D eigenvalue weighted by atomic mass is 10.0. The third kappa shape index (κ3) is 6.12. The number of rotatable bonds is 8. The van der Waals surface area contributed by atoms with Gasteiger partial charge in [-0.25, -0.2) is 8.42 Å². The fourth-order valence-corrected chi connectivity index (χ4v) is 6.56. The molecule has 1 aliphatic heterocycles.